The first kappa shape index (κ1) is 11.6. The number of carboxylic acid groups (broad SMARTS) is 1. The highest BCUT2D eigenvalue weighted by atomic mass is 32.2. The predicted octanol–water partition coefficient (Wildman–Crippen LogP) is 0.122. The van der Waals surface area contributed by atoms with Crippen molar-refractivity contribution in [1.82, 2.24) is 4.98 Å². The van der Waals surface area contributed by atoms with Gasteiger partial charge in [-0.25, -0.2) is 8.42 Å². The van der Waals surface area contributed by atoms with Gasteiger partial charge in [0, 0.05) is 18.6 Å². The maximum absolute atomic E-state index is 11.2. The van der Waals surface area contributed by atoms with Gasteiger partial charge in [-0.05, 0) is 24.1 Å². The molecule has 0 spiro atoms. The van der Waals surface area contributed by atoms with Crippen molar-refractivity contribution in [3.05, 3.63) is 30.1 Å². The summed E-state index contributed by atoms with van der Waals surface area (Å²) in [4.78, 5) is 14.5. The number of carboxylic acids is 1. The number of rotatable bonds is 4. The van der Waals surface area contributed by atoms with Crippen molar-refractivity contribution >= 4 is 15.8 Å². The third-order valence-electron chi connectivity index (χ3n) is 1.96. The van der Waals surface area contributed by atoms with Crippen molar-refractivity contribution in [2.45, 2.75) is 11.7 Å². The van der Waals surface area contributed by atoms with E-state index in [1.165, 1.54) is 12.4 Å². The number of nitrogens with zero attached hydrogens (tertiary/aromatic N) is 1. The Morgan fingerprint density at radius 2 is 2.00 bits per heavy atom. The smallest absolute Gasteiger partial charge is 0.322 e. The van der Waals surface area contributed by atoms with E-state index < -0.39 is 21.1 Å². The molecule has 82 valence electrons. The van der Waals surface area contributed by atoms with Gasteiger partial charge < -0.3 is 5.11 Å². The van der Waals surface area contributed by atoms with Gasteiger partial charge in [-0.15, -0.1) is 0 Å². The van der Waals surface area contributed by atoms with Crippen LogP contribution in [0.5, 0.6) is 0 Å². The lowest BCUT2D eigenvalue weighted by Gasteiger charge is -2.09. The summed E-state index contributed by atoms with van der Waals surface area (Å²) < 4.78 is 22.4. The lowest BCUT2D eigenvalue weighted by molar-refractivity contribution is -0.136. The van der Waals surface area contributed by atoms with Crippen LogP contribution in [0.3, 0.4) is 0 Å². The van der Waals surface area contributed by atoms with Crippen molar-refractivity contribution in [2.24, 2.45) is 0 Å². The summed E-state index contributed by atoms with van der Waals surface area (Å²) >= 11 is 0. The fraction of sp³-hybridized carbons (Fsp3) is 0.333. The summed E-state index contributed by atoms with van der Waals surface area (Å²) in [6.07, 6.45) is 3.89. The fourth-order valence-electron chi connectivity index (χ4n) is 1.15. The molecule has 0 saturated carbocycles. The molecule has 0 aliphatic rings. The van der Waals surface area contributed by atoms with Crippen LogP contribution in [0.4, 0.5) is 0 Å². The zero-order valence-electron chi connectivity index (χ0n) is 8.12. The van der Waals surface area contributed by atoms with Crippen LogP contribution >= 0.6 is 0 Å². The summed E-state index contributed by atoms with van der Waals surface area (Å²) in [6.45, 7) is 0. The van der Waals surface area contributed by atoms with E-state index in [0.717, 1.165) is 6.26 Å². The molecular weight excluding hydrogens is 218 g/mol. The number of hydrogen-bond donors (Lipinski definition) is 1. The van der Waals surface area contributed by atoms with E-state index in [1.54, 1.807) is 12.1 Å². The van der Waals surface area contributed by atoms with Crippen LogP contribution in [0.25, 0.3) is 0 Å². The lowest BCUT2D eigenvalue weighted by Crippen LogP contribution is -2.31. The van der Waals surface area contributed by atoms with Crippen LogP contribution in [-0.2, 0) is 21.1 Å². The van der Waals surface area contributed by atoms with Crippen molar-refractivity contribution in [2.75, 3.05) is 6.26 Å². The molecule has 1 N–H and O–H groups in total. The Hall–Kier alpha value is -1.43. The van der Waals surface area contributed by atoms with Crippen molar-refractivity contribution < 1.29 is 18.3 Å². The van der Waals surface area contributed by atoms with Gasteiger partial charge >= 0.3 is 5.97 Å². The molecule has 0 aliphatic carbocycles. The van der Waals surface area contributed by atoms with Crippen molar-refractivity contribution in [1.29, 1.82) is 0 Å². The number of pyridine rings is 1. The highest BCUT2D eigenvalue weighted by molar-refractivity contribution is 7.92. The molecule has 0 fully saturated rings. The van der Waals surface area contributed by atoms with Gasteiger partial charge in [0.1, 0.15) is 0 Å². The van der Waals surface area contributed by atoms with E-state index in [9.17, 15) is 13.2 Å². The Bertz CT molecular complexity index is 440. The second-order valence-electron chi connectivity index (χ2n) is 3.22. The van der Waals surface area contributed by atoms with Crippen LogP contribution in [0, 0.1) is 0 Å². The first-order valence-corrected chi connectivity index (χ1v) is 6.17. The Labute approximate surface area is 87.7 Å². The van der Waals surface area contributed by atoms with Crippen LogP contribution < -0.4 is 0 Å². The van der Waals surface area contributed by atoms with Crippen LogP contribution in [0.15, 0.2) is 24.5 Å². The van der Waals surface area contributed by atoms with Crippen LogP contribution in [-0.4, -0.2) is 36.0 Å². The molecule has 1 atom stereocenters. The van der Waals surface area contributed by atoms with E-state index in [0.29, 0.717) is 5.56 Å². The summed E-state index contributed by atoms with van der Waals surface area (Å²) in [6, 6.07) is 3.20. The molecule has 1 unspecified atom stereocenters. The zero-order valence-corrected chi connectivity index (χ0v) is 8.94. The molecule has 0 bridgehead atoms. The quantitative estimate of drug-likeness (QED) is 0.792. The first-order valence-electron chi connectivity index (χ1n) is 4.22. The summed E-state index contributed by atoms with van der Waals surface area (Å²) in [7, 11) is -3.58. The molecule has 0 amide bonds. The normalized spacial score (nSPS) is 13.4. The molecule has 1 heterocycles. The van der Waals surface area contributed by atoms with Gasteiger partial charge in [0.2, 0.25) is 0 Å². The molecule has 0 aromatic carbocycles. The fourth-order valence-corrected chi connectivity index (χ4v) is 2.02. The predicted molar refractivity (Wildman–Crippen MR) is 54.2 cm³/mol. The highest BCUT2D eigenvalue weighted by Gasteiger charge is 2.28. The minimum absolute atomic E-state index is 0.0311. The van der Waals surface area contributed by atoms with E-state index in [2.05, 4.69) is 4.98 Å². The largest absolute Gasteiger partial charge is 0.480 e. The third-order valence-corrected chi connectivity index (χ3v) is 3.36. The molecule has 6 heteroatoms. The Kier molecular flexibility index (Phi) is 3.41. The third kappa shape index (κ3) is 3.32. The average molecular weight is 229 g/mol. The Balaban J connectivity index is 2.92. The maximum atomic E-state index is 11.2. The Morgan fingerprint density at radius 3 is 2.40 bits per heavy atom. The first-order chi connectivity index (χ1) is 6.91. The second kappa shape index (κ2) is 4.39. The van der Waals surface area contributed by atoms with Gasteiger partial charge in [0.15, 0.2) is 15.1 Å². The SMILES string of the molecule is CS(=O)(=O)C(Cc1ccncc1)C(=O)O. The average Bonchev–Trinajstić information content (AvgIpc) is 2.13. The molecule has 0 radical (unpaired) electrons. The van der Waals surface area contributed by atoms with E-state index in [4.69, 9.17) is 5.11 Å². The van der Waals surface area contributed by atoms with E-state index in [-0.39, 0.29) is 6.42 Å². The van der Waals surface area contributed by atoms with Gasteiger partial charge in [-0.3, -0.25) is 9.78 Å². The van der Waals surface area contributed by atoms with Gasteiger partial charge in [-0.1, -0.05) is 0 Å². The van der Waals surface area contributed by atoms with Crippen LogP contribution in [0.1, 0.15) is 5.56 Å². The van der Waals surface area contributed by atoms with Crippen molar-refractivity contribution in [3.8, 4) is 0 Å². The summed E-state index contributed by atoms with van der Waals surface area (Å²) in [5.41, 5.74) is 0.642. The number of aromatic nitrogens is 1. The molecule has 1 aromatic heterocycles. The summed E-state index contributed by atoms with van der Waals surface area (Å²) in [5, 5.41) is 7.39. The number of hydrogen-bond acceptors (Lipinski definition) is 4. The monoisotopic (exact) mass is 229 g/mol. The maximum Gasteiger partial charge on any atom is 0.322 e. The van der Waals surface area contributed by atoms with Gasteiger partial charge in [0.25, 0.3) is 0 Å². The van der Waals surface area contributed by atoms with E-state index in [1.807, 2.05) is 0 Å². The molecule has 1 aromatic rings. The van der Waals surface area contributed by atoms with E-state index >= 15 is 0 Å². The summed E-state index contributed by atoms with van der Waals surface area (Å²) in [5.74, 6) is -1.32. The zero-order chi connectivity index (χ0) is 11.5. The number of aliphatic carboxylic acids is 1. The minimum Gasteiger partial charge on any atom is -0.480 e. The van der Waals surface area contributed by atoms with Gasteiger partial charge in [-0.2, -0.15) is 0 Å². The highest BCUT2D eigenvalue weighted by Crippen LogP contribution is 2.08. The molecule has 0 aliphatic heterocycles. The molecule has 0 saturated heterocycles. The molecule has 1 rings (SSSR count). The second-order valence-corrected chi connectivity index (χ2v) is 5.44. The lowest BCUT2D eigenvalue weighted by atomic mass is 10.1. The molecular formula is C9H11NO4S. The van der Waals surface area contributed by atoms with Crippen molar-refractivity contribution in [3.63, 3.8) is 0 Å². The Morgan fingerprint density at radius 1 is 1.47 bits per heavy atom. The molecule has 15 heavy (non-hydrogen) atoms. The number of carbonyl (C=O) groups is 1. The molecule has 5 nitrogen and oxygen atoms in total. The number of sulfone groups is 1. The topological polar surface area (TPSA) is 84.3 Å². The standard InChI is InChI=1S/C9H11NO4S/c1-15(13,14)8(9(11)12)6-7-2-4-10-5-3-7/h2-5,8H,6H2,1H3,(H,11,12). The van der Waals surface area contributed by atoms with Gasteiger partial charge in [0.05, 0.1) is 0 Å². The minimum atomic E-state index is -3.58. The van der Waals surface area contributed by atoms with Crippen LogP contribution in [0.2, 0.25) is 0 Å².